The molecule has 1 aromatic carbocycles. The van der Waals surface area contributed by atoms with Crippen LogP contribution >= 0.6 is 0 Å². The van der Waals surface area contributed by atoms with Gasteiger partial charge in [0.25, 0.3) is 0 Å². The number of rotatable bonds is 6. The lowest BCUT2D eigenvalue weighted by Gasteiger charge is -2.07. The third-order valence-electron chi connectivity index (χ3n) is 2.81. The van der Waals surface area contributed by atoms with Gasteiger partial charge in [-0.2, -0.15) is 5.10 Å². The van der Waals surface area contributed by atoms with Crippen LogP contribution in [0.15, 0.2) is 30.5 Å². The second kappa shape index (κ2) is 6.13. The van der Waals surface area contributed by atoms with Crippen LogP contribution in [0.3, 0.4) is 0 Å². The predicted molar refractivity (Wildman–Crippen MR) is 74.5 cm³/mol. The number of methoxy groups -OCH3 is 1. The number of anilines is 1. The molecule has 0 radical (unpaired) electrons. The highest BCUT2D eigenvalue weighted by atomic mass is 16.5. The number of aromatic hydroxyl groups is 1. The van der Waals surface area contributed by atoms with E-state index in [0.29, 0.717) is 12.3 Å². The van der Waals surface area contributed by atoms with Crippen LogP contribution in [-0.4, -0.2) is 22.0 Å². The number of hydrogen-bond acceptors (Lipinski definition) is 4. The minimum Gasteiger partial charge on any atom is -0.504 e. The molecule has 0 fully saturated rings. The maximum Gasteiger partial charge on any atom is 0.160 e. The summed E-state index contributed by atoms with van der Waals surface area (Å²) in [5, 5.41) is 17.3. The van der Waals surface area contributed by atoms with E-state index in [2.05, 4.69) is 17.3 Å². The van der Waals surface area contributed by atoms with Crippen LogP contribution in [0, 0.1) is 0 Å². The van der Waals surface area contributed by atoms with Gasteiger partial charge in [-0.25, -0.2) is 0 Å². The lowest BCUT2D eigenvalue weighted by Crippen LogP contribution is -2.02. The predicted octanol–water partition coefficient (Wildman–Crippen LogP) is 2.62. The molecule has 0 unspecified atom stereocenters. The number of hydrogen-bond donors (Lipinski definition) is 2. The fraction of sp³-hybridized carbons (Fsp3) is 0.357. The van der Waals surface area contributed by atoms with Crippen LogP contribution in [0.2, 0.25) is 0 Å². The molecule has 1 heterocycles. The Hall–Kier alpha value is -2.17. The van der Waals surface area contributed by atoms with Gasteiger partial charge >= 0.3 is 0 Å². The number of phenolic OH excluding ortho intramolecular Hbond substituents is 1. The Kier molecular flexibility index (Phi) is 4.28. The van der Waals surface area contributed by atoms with Gasteiger partial charge in [0, 0.05) is 25.4 Å². The lowest BCUT2D eigenvalue weighted by molar-refractivity contribution is 0.373. The second-order valence-electron chi connectivity index (χ2n) is 4.32. The SMILES string of the molecule is CCCn1ccc(NCc2ccc(OC)c(O)c2)n1. The van der Waals surface area contributed by atoms with E-state index >= 15 is 0 Å². The highest BCUT2D eigenvalue weighted by molar-refractivity contribution is 5.43. The van der Waals surface area contributed by atoms with Crippen molar-refractivity contribution in [2.45, 2.75) is 26.4 Å². The first-order valence-electron chi connectivity index (χ1n) is 6.36. The zero-order chi connectivity index (χ0) is 13.7. The van der Waals surface area contributed by atoms with Gasteiger partial charge in [0.1, 0.15) is 5.82 Å². The number of nitrogens with one attached hydrogen (secondary N) is 1. The molecule has 2 aromatic rings. The highest BCUT2D eigenvalue weighted by Gasteiger charge is 2.03. The van der Waals surface area contributed by atoms with Crippen LogP contribution in [0.4, 0.5) is 5.82 Å². The summed E-state index contributed by atoms with van der Waals surface area (Å²) >= 11 is 0. The largest absolute Gasteiger partial charge is 0.504 e. The molecule has 0 amide bonds. The Balaban J connectivity index is 1.95. The van der Waals surface area contributed by atoms with Crippen LogP contribution in [0.25, 0.3) is 0 Å². The van der Waals surface area contributed by atoms with Gasteiger partial charge in [-0.15, -0.1) is 0 Å². The maximum absolute atomic E-state index is 9.69. The van der Waals surface area contributed by atoms with E-state index in [9.17, 15) is 5.11 Å². The summed E-state index contributed by atoms with van der Waals surface area (Å²) in [5.74, 6) is 1.47. The molecule has 2 rings (SSSR count). The van der Waals surface area contributed by atoms with Crippen LogP contribution < -0.4 is 10.1 Å². The van der Waals surface area contributed by atoms with Crippen LogP contribution in [0.1, 0.15) is 18.9 Å². The summed E-state index contributed by atoms with van der Waals surface area (Å²) in [6.45, 7) is 3.65. The molecule has 0 aliphatic heterocycles. The topological polar surface area (TPSA) is 59.3 Å². The van der Waals surface area contributed by atoms with E-state index in [-0.39, 0.29) is 5.75 Å². The van der Waals surface area contributed by atoms with Gasteiger partial charge in [-0.05, 0) is 24.1 Å². The number of aromatic nitrogens is 2. The first-order valence-corrected chi connectivity index (χ1v) is 6.36. The van der Waals surface area contributed by atoms with E-state index in [0.717, 1.165) is 24.3 Å². The van der Waals surface area contributed by atoms with Crippen molar-refractivity contribution in [1.29, 1.82) is 0 Å². The summed E-state index contributed by atoms with van der Waals surface area (Å²) in [4.78, 5) is 0. The molecule has 0 aliphatic carbocycles. The van der Waals surface area contributed by atoms with Gasteiger partial charge in [0.05, 0.1) is 7.11 Å². The maximum atomic E-state index is 9.69. The zero-order valence-corrected chi connectivity index (χ0v) is 11.3. The minimum absolute atomic E-state index is 0.151. The van der Waals surface area contributed by atoms with Crippen LogP contribution in [-0.2, 0) is 13.1 Å². The fourth-order valence-electron chi connectivity index (χ4n) is 1.85. The minimum atomic E-state index is 0.151. The first kappa shape index (κ1) is 13.3. The van der Waals surface area contributed by atoms with Gasteiger partial charge in [0.15, 0.2) is 11.5 Å². The van der Waals surface area contributed by atoms with Crippen molar-refractivity contribution in [2.75, 3.05) is 12.4 Å². The third-order valence-corrected chi connectivity index (χ3v) is 2.81. The lowest BCUT2D eigenvalue weighted by atomic mass is 10.2. The summed E-state index contributed by atoms with van der Waals surface area (Å²) < 4.78 is 6.92. The summed E-state index contributed by atoms with van der Waals surface area (Å²) in [6, 6.07) is 7.30. The third kappa shape index (κ3) is 3.40. The Morgan fingerprint density at radius 3 is 2.89 bits per heavy atom. The molecule has 0 aliphatic rings. The summed E-state index contributed by atoms with van der Waals surface area (Å²) in [6.07, 6.45) is 3.02. The Labute approximate surface area is 112 Å². The molecule has 0 spiro atoms. The van der Waals surface area contributed by atoms with Gasteiger partial charge in [-0.1, -0.05) is 13.0 Å². The molecule has 0 atom stereocenters. The van der Waals surface area contributed by atoms with Gasteiger partial charge < -0.3 is 15.2 Å². The summed E-state index contributed by atoms with van der Waals surface area (Å²) in [7, 11) is 1.54. The van der Waals surface area contributed by atoms with Crippen molar-refractivity contribution in [3.63, 3.8) is 0 Å². The van der Waals surface area contributed by atoms with Crippen molar-refractivity contribution in [3.05, 3.63) is 36.0 Å². The molecule has 0 saturated heterocycles. The number of aryl methyl sites for hydroxylation is 1. The standard InChI is InChI=1S/C14H19N3O2/c1-3-7-17-8-6-14(16-17)15-10-11-4-5-13(19-2)12(18)9-11/h4-6,8-9,18H,3,7,10H2,1-2H3,(H,15,16). The number of benzene rings is 1. The smallest absolute Gasteiger partial charge is 0.160 e. The van der Waals surface area contributed by atoms with Crippen LogP contribution in [0.5, 0.6) is 11.5 Å². The molecule has 102 valence electrons. The molecule has 2 N–H and O–H groups in total. The zero-order valence-electron chi connectivity index (χ0n) is 11.3. The van der Waals surface area contributed by atoms with Crippen molar-refractivity contribution in [1.82, 2.24) is 9.78 Å². The van der Waals surface area contributed by atoms with E-state index in [1.54, 1.807) is 12.1 Å². The van der Waals surface area contributed by atoms with Crippen molar-refractivity contribution < 1.29 is 9.84 Å². The average Bonchev–Trinajstić information content (AvgIpc) is 2.85. The number of phenols is 1. The highest BCUT2D eigenvalue weighted by Crippen LogP contribution is 2.26. The molecule has 0 saturated carbocycles. The molecule has 19 heavy (non-hydrogen) atoms. The average molecular weight is 261 g/mol. The van der Waals surface area contributed by atoms with Crippen molar-refractivity contribution in [3.8, 4) is 11.5 Å². The fourth-order valence-corrected chi connectivity index (χ4v) is 1.85. The van der Waals surface area contributed by atoms with E-state index in [1.807, 2.05) is 23.0 Å². The number of nitrogens with zero attached hydrogens (tertiary/aromatic N) is 2. The van der Waals surface area contributed by atoms with Crippen molar-refractivity contribution in [2.24, 2.45) is 0 Å². The molecule has 5 nitrogen and oxygen atoms in total. The Bertz CT molecular complexity index is 537. The first-order chi connectivity index (χ1) is 9.22. The van der Waals surface area contributed by atoms with E-state index in [1.165, 1.54) is 7.11 Å². The van der Waals surface area contributed by atoms with Gasteiger partial charge in [0.2, 0.25) is 0 Å². The van der Waals surface area contributed by atoms with Crippen molar-refractivity contribution >= 4 is 5.82 Å². The molecule has 1 aromatic heterocycles. The Morgan fingerprint density at radius 2 is 2.21 bits per heavy atom. The quantitative estimate of drug-likeness (QED) is 0.839. The monoisotopic (exact) mass is 261 g/mol. The molecular formula is C14H19N3O2. The van der Waals surface area contributed by atoms with Gasteiger partial charge in [-0.3, -0.25) is 4.68 Å². The normalized spacial score (nSPS) is 10.4. The van der Waals surface area contributed by atoms with E-state index < -0.39 is 0 Å². The summed E-state index contributed by atoms with van der Waals surface area (Å²) in [5.41, 5.74) is 0.975. The molecular weight excluding hydrogens is 242 g/mol. The number of ether oxygens (including phenoxy) is 1. The van der Waals surface area contributed by atoms with E-state index in [4.69, 9.17) is 4.74 Å². The second-order valence-corrected chi connectivity index (χ2v) is 4.32. The molecule has 0 bridgehead atoms. The Morgan fingerprint density at radius 1 is 1.37 bits per heavy atom. The molecule has 5 heteroatoms.